The highest BCUT2D eigenvalue weighted by Crippen LogP contribution is 2.43. The second kappa shape index (κ2) is 10.7. The number of Topliss-reactive ketones (excluding diaryl/α,β-unsaturated/α-hetero) is 1. The molecule has 0 spiro atoms. The highest BCUT2D eigenvalue weighted by molar-refractivity contribution is 8.01. The lowest BCUT2D eigenvalue weighted by atomic mass is 9.86. The van der Waals surface area contributed by atoms with E-state index in [0.717, 1.165) is 28.7 Å². The number of carbonyl (C=O) groups excluding carboxylic acids is 2. The van der Waals surface area contributed by atoms with Crippen LogP contribution in [0.5, 0.6) is 0 Å². The number of anilines is 1. The zero-order valence-corrected chi connectivity index (χ0v) is 22.5. The van der Waals surface area contributed by atoms with Crippen LogP contribution in [0.4, 0.5) is 5.69 Å². The largest absolute Gasteiger partial charge is 0.465 e. The number of thiophene rings is 1. The molecule has 1 heterocycles. The number of hydrazone groups is 1. The molecule has 0 unspecified atom stereocenters. The number of nitrogens with zero attached hydrogens (tertiary/aromatic N) is 2. The molecular formula is C23H27N3O5S3. The van der Waals surface area contributed by atoms with Crippen LogP contribution in [-0.4, -0.2) is 44.5 Å². The van der Waals surface area contributed by atoms with Crippen LogP contribution >= 0.6 is 23.1 Å². The van der Waals surface area contributed by atoms with Crippen molar-refractivity contribution in [2.24, 2.45) is 5.10 Å². The third kappa shape index (κ3) is 5.68. The number of sulfone groups is 1. The molecule has 0 bridgehead atoms. The molecule has 0 atom stereocenters. The monoisotopic (exact) mass is 521 g/mol. The van der Waals surface area contributed by atoms with E-state index in [1.807, 2.05) is 32.9 Å². The van der Waals surface area contributed by atoms with E-state index in [9.17, 15) is 23.3 Å². The van der Waals surface area contributed by atoms with Crippen LogP contribution in [0.15, 0.2) is 38.5 Å². The molecule has 0 saturated carbocycles. The van der Waals surface area contributed by atoms with Crippen molar-refractivity contribution >= 4 is 56.1 Å². The number of nitriles is 1. The number of rotatable bonds is 8. The lowest BCUT2D eigenvalue weighted by Crippen LogP contribution is -2.18. The summed E-state index contributed by atoms with van der Waals surface area (Å²) in [6, 6.07) is 8.59. The van der Waals surface area contributed by atoms with Crippen molar-refractivity contribution in [2.75, 3.05) is 18.8 Å². The van der Waals surface area contributed by atoms with Crippen molar-refractivity contribution in [2.45, 2.75) is 54.4 Å². The molecule has 0 aliphatic carbocycles. The van der Waals surface area contributed by atoms with Crippen molar-refractivity contribution in [1.29, 1.82) is 5.26 Å². The molecule has 8 nitrogen and oxygen atoms in total. The number of methoxy groups -OCH3 is 1. The first kappa shape index (κ1) is 27.6. The zero-order valence-electron chi connectivity index (χ0n) is 20.0. The number of esters is 1. The predicted octanol–water partition coefficient (Wildman–Crippen LogP) is 4.91. The summed E-state index contributed by atoms with van der Waals surface area (Å²) in [6.45, 7) is 9.17. The van der Waals surface area contributed by atoms with Gasteiger partial charge in [0.25, 0.3) is 0 Å². The Morgan fingerprint density at radius 1 is 1.21 bits per heavy atom. The Hall–Kier alpha value is -2.68. The molecule has 1 aromatic carbocycles. The van der Waals surface area contributed by atoms with Gasteiger partial charge in [0.15, 0.2) is 9.84 Å². The minimum absolute atomic E-state index is 0.0194. The number of carbonyl (C=O) groups is 2. The Balaban J connectivity index is 2.57. The molecule has 0 radical (unpaired) electrons. The van der Waals surface area contributed by atoms with Crippen LogP contribution in [0, 0.1) is 11.3 Å². The van der Waals surface area contributed by atoms with Crippen molar-refractivity contribution in [3.63, 3.8) is 0 Å². The Morgan fingerprint density at radius 3 is 2.24 bits per heavy atom. The number of ketones is 1. The fourth-order valence-electron chi connectivity index (χ4n) is 2.86. The van der Waals surface area contributed by atoms with Gasteiger partial charge in [0.2, 0.25) is 11.5 Å². The molecule has 0 fully saturated rings. The van der Waals surface area contributed by atoms with Crippen LogP contribution < -0.4 is 5.43 Å². The Labute approximate surface area is 208 Å². The van der Waals surface area contributed by atoms with Crippen LogP contribution in [0.2, 0.25) is 0 Å². The second-order valence-electron chi connectivity index (χ2n) is 8.55. The average molecular weight is 522 g/mol. The van der Waals surface area contributed by atoms with E-state index in [1.54, 1.807) is 24.5 Å². The van der Waals surface area contributed by atoms with E-state index in [0.29, 0.717) is 4.21 Å². The van der Waals surface area contributed by atoms with E-state index < -0.39 is 32.6 Å². The van der Waals surface area contributed by atoms with Gasteiger partial charge >= 0.3 is 5.97 Å². The molecule has 11 heteroatoms. The van der Waals surface area contributed by atoms with Gasteiger partial charge in [-0.05, 0) is 31.1 Å². The fourth-order valence-corrected chi connectivity index (χ4v) is 6.80. The molecule has 1 aromatic heterocycles. The highest BCUT2D eigenvalue weighted by atomic mass is 32.2. The summed E-state index contributed by atoms with van der Waals surface area (Å²) >= 11 is 2.10. The maximum Gasteiger partial charge on any atom is 0.350 e. The molecule has 1 N–H and O–H groups in total. The maximum atomic E-state index is 13.1. The van der Waals surface area contributed by atoms with Crippen LogP contribution in [0.1, 0.15) is 60.2 Å². The molecule has 0 aliphatic heterocycles. The fraction of sp³-hybridized carbons (Fsp3) is 0.391. The van der Waals surface area contributed by atoms with Gasteiger partial charge in [-0.15, -0.1) is 23.1 Å². The predicted molar refractivity (Wildman–Crippen MR) is 136 cm³/mol. The SMILES string of the molecule is COC(=O)c1sc(SC)c(S(=O)(=O)C(C)C)c1N/N=C(/C#N)C(=O)c1ccc(C(C)(C)C)cc1. The third-order valence-electron chi connectivity index (χ3n) is 4.91. The second-order valence-corrected chi connectivity index (χ2v) is 13.1. The number of nitrogens with one attached hydrogen (secondary N) is 1. The van der Waals surface area contributed by atoms with Crippen LogP contribution in [0.25, 0.3) is 0 Å². The van der Waals surface area contributed by atoms with Gasteiger partial charge in [0.05, 0.1) is 16.6 Å². The quantitative estimate of drug-likeness (QED) is 0.171. The number of thioether (sulfide) groups is 1. The number of benzene rings is 1. The lowest BCUT2D eigenvalue weighted by molar-refractivity contribution is 0.0607. The smallest absolute Gasteiger partial charge is 0.350 e. The molecule has 2 rings (SSSR count). The van der Waals surface area contributed by atoms with Gasteiger partial charge in [-0.1, -0.05) is 45.0 Å². The summed E-state index contributed by atoms with van der Waals surface area (Å²) in [5.41, 5.74) is 3.09. The molecular weight excluding hydrogens is 494 g/mol. The maximum absolute atomic E-state index is 13.1. The standard InChI is InChI=1S/C23H27N3O5S3/c1-13(2)34(29,30)20-17(19(21(28)31-6)33-22(20)32-7)26-25-16(12-24)18(27)14-8-10-15(11-9-14)23(3,4)5/h8-11,13,26H,1-7H3/b25-16-. The third-order valence-corrected chi connectivity index (χ3v) is 9.68. The van der Waals surface area contributed by atoms with Gasteiger partial charge in [-0.3, -0.25) is 10.2 Å². The molecule has 0 aliphatic rings. The average Bonchev–Trinajstić information content (AvgIpc) is 3.17. The summed E-state index contributed by atoms with van der Waals surface area (Å²) < 4.78 is 31.3. The van der Waals surface area contributed by atoms with E-state index >= 15 is 0 Å². The van der Waals surface area contributed by atoms with Crippen LogP contribution in [0.3, 0.4) is 0 Å². The molecule has 0 amide bonds. The number of hydrogen-bond acceptors (Lipinski definition) is 10. The molecule has 0 saturated heterocycles. The van der Waals surface area contributed by atoms with Gasteiger partial charge in [0.1, 0.15) is 21.5 Å². The van der Waals surface area contributed by atoms with Gasteiger partial charge in [-0.2, -0.15) is 10.4 Å². The highest BCUT2D eigenvalue weighted by Gasteiger charge is 2.33. The van der Waals surface area contributed by atoms with E-state index in [-0.39, 0.29) is 26.4 Å². The van der Waals surface area contributed by atoms with Crippen molar-refractivity contribution in [3.8, 4) is 6.07 Å². The van der Waals surface area contributed by atoms with Gasteiger partial charge < -0.3 is 4.74 Å². The topological polar surface area (TPSA) is 126 Å². The molecule has 182 valence electrons. The minimum Gasteiger partial charge on any atom is -0.465 e. The number of hydrogen-bond donors (Lipinski definition) is 1. The first-order valence-corrected chi connectivity index (χ1v) is 13.8. The van der Waals surface area contributed by atoms with Crippen molar-refractivity contribution < 1.29 is 22.7 Å². The zero-order chi connectivity index (χ0) is 25.8. The normalized spacial score (nSPS) is 12.4. The summed E-state index contributed by atoms with van der Waals surface area (Å²) in [5, 5.41) is 12.7. The van der Waals surface area contributed by atoms with E-state index in [1.165, 1.54) is 21.0 Å². The lowest BCUT2D eigenvalue weighted by Gasteiger charge is -2.18. The summed E-state index contributed by atoms with van der Waals surface area (Å²) in [4.78, 5) is 25.1. The Bertz CT molecular complexity index is 1260. The van der Waals surface area contributed by atoms with Crippen molar-refractivity contribution in [1.82, 2.24) is 0 Å². The summed E-state index contributed by atoms with van der Waals surface area (Å²) in [7, 11) is -2.66. The summed E-state index contributed by atoms with van der Waals surface area (Å²) in [5.74, 6) is -1.39. The van der Waals surface area contributed by atoms with Crippen molar-refractivity contribution in [3.05, 3.63) is 40.3 Å². The Kier molecular flexibility index (Phi) is 8.69. The van der Waals surface area contributed by atoms with Gasteiger partial charge in [-0.25, -0.2) is 13.2 Å². The summed E-state index contributed by atoms with van der Waals surface area (Å²) in [6.07, 6.45) is 1.69. The van der Waals surface area contributed by atoms with E-state index in [2.05, 4.69) is 10.5 Å². The molecule has 34 heavy (non-hydrogen) atoms. The van der Waals surface area contributed by atoms with E-state index in [4.69, 9.17) is 4.74 Å². The molecule has 2 aromatic rings. The first-order valence-electron chi connectivity index (χ1n) is 10.2. The number of ether oxygens (including phenoxy) is 1. The van der Waals surface area contributed by atoms with Crippen LogP contribution in [-0.2, 0) is 20.0 Å². The first-order chi connectivity index (χ1) is 15.8. The Morgan fingerprint density at radius 2 is 1.79 bits per heavy atom. The minimum atomic E-state index is -3.83. The van der Waals surface area contributed by atoms with Gasteiger partial charge in [0, 0.05) is 5.56 Å².